The van der Waals surface area contributed by atoms with E-state index < -0.39 is 0 Å². The van der Waals surface area contributed by atoms with Crippen molar-refractivity contribution >= 4 is 5.91 Å². The minimum atomic E-state index is -0.224. The largest absolute Gasteiger partial charge is 0.354 e. The van der Waals surface area contributed by atoms with E-state index >= 15 is 0 Å². The molecule has 1 saturated heterocycles. The number of hydrogen-bond donors (Lipinski definition) is 2. The number of amides is 1. The van der Waals surface area contributed by atoms with E-state index in [0.29, 0.717) is 6.42 Å². The molecule has 1 saturated carbocycles. The van der Waals surface area contributed by atoms with Crippen molar-refractivity contribution in [3.05, 3.63) is 35.9 Å². The molecule has 1 aliphatic heterocycles. The Morgan fingerprint density at radius 1 is 1.04 bits per heavy atom. The third-order valence-corrected chi connectivity index (χ3v) is 6.06. The molecule has 0 spiro atoms. The molecule has 25 heavy (non-hydrogen) atoms. The summed E-state index contributed by atoms with van der Waals surface area (Å²) in [6.07, 6.45) is 10.7. The van der Waals surface area contributed by atoms with Crippen LogP contribution in [0.15, 0.2) is 30.3 Å². The lowest BCUT2D eigenvalue weighted by Gasteiger charge is -2.48. The maximum Gasteiger partial charge on any atom is 0.221 e. The smallest absolute Gasteiger partial charge is 0.221 e. The molecule has 1 unspecified atom stereocenters. The zero-order valence-electron chi connectivity index (χ0n) is 15.4. The summed E-state index contributed by atoms with van der Waals surface area (Å²) in [4.78, 5) is 15.2. The van der Waals surface area contributed by atoms with Gasteiger partial charge in [0.05, 0.1) is 0 Å². The number of carbonyl (C=O) groups is 1. The van der Waals surface area contributed by atoms with Crippen molar-refractivity contribution in [3.8, 4) is 0 Å². The van der Waals surface area contributed by atoms with Gasteiger partial charge in [-0.3, -0.25) is 9.69 Å². The molecule has 0 bridgehead atoms. The summed E-state index contributed by atoms with van der Waals surface area (Å²) in [5.41, 5.74) is 7.42. The Morgan fingerprint density at radius 3 is 2.36 bits per heavy atom. The average molecular weight is 344 g/mol. The highest BCUT2D eigenvalue weighted by molar-refractivity contribution is 5.76. The molecule has 4 heteroatoms. The number of nitrogens with two attached hydrogens (primary N) is 1. The van der Waals surface area contributed by atoms with E-state index in [1.165, 1.54) is 64.5 Å². The predicted molar refractivity (Wildman–Crippen MR) is 102 cm³/mol. The van der Waals surface area contributed by atoms with Gasteiger partial charge in [0.1, 0.15) is 0 Å². The Hall–Kier alpha value is -1.39. The van der Waals surface area contributed by atoms with Crippen molar-refractivity contribution in [1.29, 1.82) is 0 Å². The molecule has 0 aromatic heterocycles. The second kappa shape index (κ2) is 8.81. The lowest BCUT2D eigenvalue weighted by Crippen LogP contribution is -2.58. The number of likely N-dealkylation sites (tertiary alicyclic amines) is 1. The van der Waals surface area contributed by atoms with Crippen LogP contribution in [0.4, 0.5) is 0 Å². The van der Waals surface area contributed by atoms with E-state index in [-0.39, 0.29) is 17.5 Å². The second-order valence-electron chi connectivity index (χ2n) is 7.83. The van der Waals surface area contributed by atoms with Crippen LogP contribution < -0.4 is 11.1 Å². The molecule has 138 valence electrons. The number of rotatable bonds is 6. The van der Waals surface area contributed by atoms with Gasteiger partial charge in [0, 0.05) is 24.5 Å². The highest BCUT2D eigenvalue weighted by Crippen LogP contribution is 2.35. The summed E-state index contributed by atoms with van der Waals surface area (Å²) in [5, 5.41) is 3.23. The molecule has 3 rings (SSSR count). The lowest BCUT2D eigenvalue weighted by molar-refractivity contribution is -0.122. The van der Waals surface area contributed by atoms with Crippen LogP contribution in [0, 0.1) is 0 Å². The van der Waals surface area contributed by atoms with Crippen LogP contribution >= 0.6 is 0 Å². The van der Waals surface area contributed by atoms with Crippen LogP contribution in [-0.4, -0.2) is 36.0 Å². The maximum absolute atomic E-state index is 12.5. The molecule has 3 N–H and O–H groups in total. The molecule has 0 radical (unpaired) electrons. The Kier molecular flexibility index (Phi) is 6.49. The zero-order chi connectivity index (χ0) is 17.5. The van der Waals surface area contributed by atoms with Crippen molar-refractivity contribution in [2.24, 2.45) is 5.73 Å². The van der Waals surface area contributed by atoms with Gasteiger partial charge in [-0.15, -0.1) is 0 Å². The third-order valence-electron chi connectivity index (χ3n) is 6.06. The predicted octanol–water partition coefficient (Wildman–Crippen LogP) is 3.38. The fraction of sp³-hybridized carbons (Fsp3) is 0.667. The van der Waals surface area contributed by atoms with Crippen molar-refractivity contribution in [2.75, 3.05) is 19.6 Å². The van der Waals surface area contributed by atoms with Gasteiger partial charge >= 0.3 is 0 Å². The number of carbonyl (C=O) groups excluding carboxylic acids is 1. The molecule has 1 aromatic rings. The normalized spacial score (nSPS) is 22.3. The van der Waals surface area contributed by atoms with Crippen LogP contribution in [0.5, 0.6) is 0 Å². The molecule has 1 amide bonds. The first-order valence-electron chi connectivity index (χ1n) is 10.0. The number of piperidine rings is 1. The second-order valence-corrected chi connectivity index (χ2v) is 7.83. The average Bonchev–Trinajstić information content (AvgIpc) is 2.68. The van der Waals surface area contributed by atoms with Crippen LogP contribution in [-0.2, 0) is 4.79 Å². The molecule has 1 aromatic carbocycles. The van der Waals surface area contributed by atoms with Gasteiger partial charge in [-0.05, 0) is 44.3 Å². The SMILES string of the molecule is NC(CC(=O)NCC1(N2CCCCC2)CCCCC1)c1ccccc1. The third kappa shape index (κ3) is 4.83. The Morgan fingerprint density at radius 2 is 1.68 bits per heavy atom. The van der Waals surface area contributed by atoms with E-state index in [0.717, 1.165) is 12.1 Å². The molecule has 1 atom stereocenters. The van der Waals surface area contributed by atoms with Gasteiger partial charge in [-0.2, -0.15) is 0 Å². The first-order chi connectivity index (χ1) is 12.2. The van der Waals surface area contributed by atoms with Crippen LogP contribution in [0.25, 0.3) is 0 Å². The van der Waals surface area contributed by atoms with Crippen LogP contribution in [0.3, 0.4) is 0 Å². The Balaban J connectivity index is 1.56. The molecule has 1 heterocycles. The first-order valence-corrected chi connectivity index (χ1v) is 10.0. The Labute approximate surface area is 152 Å². The topological polar surface area (TPSA) is 58.4 Å². The highest BCUT2D eigenvalue weighted by Gasteiger charge is 2.38. The van der Waals surface area contributed by atoms with Gasteiger partial charge in [-0.25, -0.2) is 0 Å². The van der Waals surface area contributed by atoms with Crippen LogP contribution in [0.1, 0.15) is 69.4 Å². The monoisotopic (exact) mass is 343 g/mol. The molecule has 2 fully saturated rings. The van der Waals surface area contributed by atoms with E-state index in [2.05, 4.69) is 10.2 Å². The summed E-state index contributed by atoms with van der Waals surface area (Å²) in [6, 6.07) is 9.68. The van der Waals surface area contributed by atoms with Crippen molar-refractivity contribution < 1.29 is 4.79 Å². The first kappa shape index (κ1) is 18.4. The van der Waals surface area contributed by atoms with Gasteiger partial charge in [0.15, 0.2) is 0 Å². The van der Waals surface area contributed by atoms with Gasteiger partial charge in [0.2, 0.25) is 5.91 Å². The van der Waals surface area contributed by atoms with E-state index in [9.17, 15) is 4.79 Å². The molecule has 4 nitrogen and oxygen atoms in total. The minimum absolute atomic E-state index is 0.0818. The maximum atomic E-state index is 12.5. The molecular formula is C21H33N3O. The van der Waals surface area contributed by atoms with Crippen LogP contribution in [0.2, 0.25) is 0 Å². The number of benzene rings is 1. The number of hydrogen-bond acceptors (Lipinski definition) is 3. The summed E-state index contributed by atoms with van der Waals surface area (Å²) in [6.45, 7) is 3.17. The summed E-state index contributed by atoms with van der Waals surface area (Å²) in [5.74, 6) is 0.0818. The fourth-order valence-corrected chi connectivity index (χ4v) is 4.54. The summed E-state index contributed by atoms with van der Waals surface area (Å²) >= 11 is 0. The number of nitrogens with zero attached hydrogens (tertiary/aromatic N) is 1. The van der Waals surface area contributed by atoms with E-state index in [1.807, 2.05) is 30.3 Å². The fourth-order valence-electron chi connectivity index (χ4n) is 4.54. The number of nitrogens with one attached hydrogen (secondary N) is 1. The van der Waals surface area contributed by atoms with Crippen molar-refractivity contribution in [3.63, 3.8) is 0 Å². The summed E-state index contributed by atoms with van der Waals surface area (Å²) < 4.78 is 0. The van der Waals surface area contributed by atoms with E-state index in [4.69, 9.17) is 5.73 Å². The molecular weight excluding hydrogens is 310 g/mol. The molecule has 2 aliphatic rings. The molecule has 1 aliphatic carbocycles. The Bertz CT molecular complexity index is 533. The van der Waals surface area contributed by atoms with E-state index in [1.54, 1.807) is 0 Å². The minimum Gasteiger partial charge on any atom is -0.354 e. The van der Waals surface area contributed by atoms with Crippen molar-refractivity contribution in [1.82, 2.24) is 10.2 Å². The van der Waals surface area contributed by atoms with Crippen molar-refractivity contribution in [2.45, 2.75) is 69.4 Å². The standard InChI is InChI=1S/C21H33N3O/c22-19(18-10-4-1-5-11-18)16-20(25)23-17-21(12-6-2-7-13-21)24-14-8-3-9-15-24/h1,4-5,10-11,19H,2-3,6-9,12-17,22H2,(H,23,25). The lowest BCUT2D eigenvalue weighted by atomic mass is 9.79. The quantitative estimate of drug-likeness (QED) is 0.832. The van der Waals surface area contributed by atoms with Gasteiger partial charge in [0.25, 0.3) is 0 Å². The zero-order valence-corrected chi connectivity index (χ0v) is 15.4. The summed E-state index contributed by atoms with van der Waals surface area (Å²) in [7, 11) is 0. The van der Waals surface area contributed by atoms with Gasteiger partial charge in [-0.1, -0.05) is 56.0 Å². The highest BCUT2D eigenvalue weighted by atomic mass is 16.1. The van der Waals surface area contributed by atoms with Gasteiger partial charge < -0.3 is 11.1 Å².